The first-order valence-electron chi connectivity index (χ1n) is 4.25. The van der Waals surface area contributed by atoms with Gasteiger partial charge in [0.05, 0.1) is 0 Å². The van der Waals surface area contributed by atoms with E-state index in [0.717, 1.165) is 12.3 Å². The Hall–Kier alpha value is -0.260. The van der Waals surface area contributed by atoms with Crippen LogP contribution in [0.2, 0.25) is 0 Å². The molecule has 0 aromatic carbocycles. The van der Waals surface area contributed by atoms with E-state index in [4.69, 9.17) is 0 Å². The van der Waals surface area contributed by atoms with Gasteiger partial charge in [0.15, 0.2) is 0 Å². The second-order valence-electron chi connectivity index (χ2n) is 2.85. The van der Waals surface area contributed by atoms with E-state index in [1.165, 1.54) is 19.3 Å². The van der Waals surface area contributed by atoms with Crippen LogP contribution in [0.4, 0.5) is 0 Å². The average molecular weight is 139 g/mol. The van der Waals surface area contributed by atoms with E-state index in [9.17, 15) is 0 Å². The number of hydrogen-bond donors (Lipinski definition) is 0. The van der Waals surface area contributed by atoms with Crippen molar-refractivity contribution in [3.8, 4) is 0 Å². The minimum absolute atomic E-state index is 0.793. The van der Waals surface area contributed by atoms with E-state index < -0.39 is 0 Å². The molecule has 1 atom stereocenters. The molecule has 0 amide bonds. The molecule has 0 aliphatic carbocycles. The van der Waals surface area contributed by atoms with Crippen LogP contribution in [0, 0.1) is 12.8 Å². The SMILES string of the molecule is [CH2]CC(C)CC/C=C/CC. The predicted molar refractivity (Wildman–Crippen MR) is 47.8 cm³/mol. The molecule has 0 bridgehead atoms. The summed E-state index contributed by atoms with van der Waals surface area (Å²) >= 11 is 0. The molecule has 0 saturated carbocycles. The summed E-state index contributed by atoms with van der Waals surface area (Å²) < 4.78 is 0. The molecule has 0 heteroatoms. The lowest BCUT2D eigenvalue weighted by Crippen LogP contribution is -1.89. The van der Waals surface area contributed by atoms with Gasteiger partial charge in [-0.15, -0.1) is 0 Å². The van der Waals surface area contributed by atoms with Crippen LogP contribution in [0.3, 0.4) is 0 Å². The Morgan fingerprint density at radius 1 is 1.40 bits per heavy atom. The molecular formula is C10H19. The van der Waals surface area contributed by atoms with E-state index in [2.05, 4.69) is 32.9 Å². The van der Waals surface area contributed by atoms with Crippen LogP contribution in [0.5, 0.6) is 0 Å². The maximum atomic E-state index is 3.86. The zero-order valence-corrected chi connectivity index (χ0v) is 7.27. The molecule has 0 aromatic heterocycles. The van der Waals surface area contributed by atoms with Gasteiger partial charge in [-0.1, -0.05) is 39.3 Å². The summed E-state index contributed by atoms with van der Waals surface area (Å²) in [5.74, 6) is 0.793. The summed E-state index contributed by atoms with van der Waals surface area (Å²) in [6, 6.07) is 0. The summed E-state index contributed by atoms with van der Waals surface area (Å²) in [5, 5.41) is 0. The number of hydrogen-bond acceptors (Lipinski definition) is 0. The first-order chi connectivity index (χ1) is 4.81. The van der Waals surface area contributed by atoms with Gasteiger partial charge in [-0.3, -0.25) is 0 Å². The highest BCUT2D eigenvalue weighted by atomic mass is 14.0. The van der Waals surface area contributed by atoms with Crippen molar-refractivity contribution in [3.05, 3.63) is 19.1 Å². The van der Waals surface area contributed by atoms with Crippen LogP contribution in [-0.4, -0.2) is 0 Å². The van der Waals surface area contributed by atoms with E-state index in [0.29, 0.717) is 0 Å². The Balaban J connectivity index is 3.10. The maximum Gasteiger partial charge on any atom is -0.0348 e. The van der Waals surface area contributed by atoms with Gasteiger partial charge in [0.2, 0.25) is 0 Å². The summed E-state index contributed by atoms with van der Waals surface area (Å²) in [4.78, 5) is 0. The van der Waals surface area contributed by atoms with Gasteiger partial charge in [0.1, 0.15) is 0 Å². The molecule has 0 aromatic rings. The molecule has 0 aliphatic heterocycles. The van der Waals surface area contributed by atoms with Gasteiger partial charge in [-0.05, 0) is 25.2 Å². The molecular weight excluding hydrogens is 120 g/mol. The molecule has 0 aliphatic rings. The number of allylic oxidation sites excluding steroid dienone is 2. The molecule has 59 valence electrons. The highest BCUT2D eigenvalue weighted by Crippen LogP contribution is 2.08. The smallest absolute Gasteiger partial charge is 0.0348 e. The summed E-state index contributed by atoms with van der Waals surface area (Å²) in [5.41, 5.74) is 0. The van der Waals surface area contributed by atoms with Crippen molar-refractivity contribution in [2.45, 2.75) is 39.5 Å². The van der Waals surface area contributed by atoms with E-state index in [-0.39, 0.29) is 0 Å². The molecule has 0 fully saturated rings. The first kappa shape index (κ1) is 9.74. The third-order valence-electron chi connectivity index (χ3n) is 1.72. The Kier molecular flexibility index (Phi) is 6.68. The van der Waals surface area contributed by atoms with Crippen molar-refractivity contribution in [3.63, 3.8) is 0 Å². The van der Waals surface area contributed by atoms with Gasteiger partial charge >= 0.3 is 0 Å². The van der Waals surface area contributed by atoms with Crippen molar-refractivity contribution in [1.82, 2.24) is 0 Å². The van der Waals surface area contributed by atoms with Crippen molar-refractivity contribution in [2.75, 3.05) is 0 Å². The topological polar surface area (TPSA) is 0 Å². The van der Waals surface area contributed by atoms with Crippen LogP contribution in [-0.2, 0) is 0 Å². The lowest BCUT2D eigenvalue weighted by atomic mass is 10.0. The zero-order valence-electron chi connectivity index (χ0n) is 7.27. The summed E-state index contributed by atoms with van der Waals surface area (Å²) in [6.07, 6.45) is 9.26. The van der Waals surface area contributed by atoms with E-state index in [1.54, 1.807) is 0 Å². The maximum absolute atomic E-state index is 3.86. The molecule has 0 spiro atoms. The van der Waals surface area contributed by atoms with Crippen molar-refractivity contribution >= 4 is 0 Å². The normalized spacial score (nSPS) is 14.3. The fraction of sp³-hybridized carbons (Fsp3) is 0.700. The van der Waals surface area contributed by atoms with Crippen molar-refractivity contribution in [1.29, 1.82) is 0 Å². The molecule has 1 unspecified atom stereocenters. The fourth-order valence-corrected chi connectivity index (χ4v) is 0.810. The Morgan fingerprint density at radius 3 is 2.60 bits per heavy atom. The van der Waals surface area contributed by atoms with Gasteiger partial charge in [-0.2, -0.15) is 0 Å². The molecule has 0 N–H and O–H groups in total. The van der Waals surface area contributed by atoms with Gasteiger partial charge < -0.3 is 0 Å². The van der Waals surface area contributed by atoms with Crippen molar-refractivity contribution in [2.24, 2.45) is 5.92 Å². The molecule has 10 heavy (non-hydrogen) atoms. The first-order valence-corrected chi connectivity index (χ1v) is 4.25. The highest BCUT2D eigenvalue weighted by molar-refractivity contribution is 4.80. The van der Waals surface area contributed by atoms with E-state index >= 15 is 0 Å². The zero-order chi connectivity index (χ0) is 7.82. The molecule has 0 rings (SSSR count). The molecule has 0 saturated heterocycles. The largest absolute Gasteiger partial charge is 0.0888 e. The van der Waals surface area contributed by atoms with Gasteiger partial charge in [0, 0.05) is 0 Å². The standard InChI is InChI=1S/C10H19/c1-4-6-7-8-9-10(3)5-2/h6-7,10H,2,4-5,8-9H2,1,3H3/b7-6+. The molecule has 0 nitrogen and oxygen atoms in total. The summed E-state index contributed by atoms with van der Waals surface area (Å²) in [7, 11) is 0. The molecule has 1 radical (unpaired) electrons. The monoisotopic (exact) mass is 139 g/mol. The van der Waals surface area contributed by atoms with Gasteiger partial charge in [0.25, 0.3) is 0 Å². The van der Waals surface area contributed by atoms with Crippen LogP contribution < -0.4 is 0 Å². The van der Waals surface area contributed by atoms with Crippen LogP contribution >= 0.6 is 0 Å². The summed E-state index contributed by atoms with van der Waals surface area (Å²) in [6.45, 7) is 8.29. The molecule has 0 heterocycles. The highest BCUT2D eigenvalue weighted by Gasteiger charge is 1.94. The quantitative estimate of drug-likeness (QED) is 0.510. The number of rotatable bonds is 5. The van der Waals surface area contributed by atoms with Crippen LogP contribution in [0.1, 0.15) is 39.5 Å². The third-order valence-corrected chi connectivity index (χ3v) is 1.72. The minimum Gasteiger partial charge on any atom is -0.0888 e. The Labute approximate surface area is 65.3 Å². The average Bonchev–Trinajstić information content (AvgIpc) is 1.98. The van der Waals surface area contributed by atoms with Crippen LogP contribution in [0.15, 0.2) is 12.2 Å². The van der Waals surface area contributed by atoms with Crippen LogP contribution in [0.25, 0.3) is 0 Å². The Bertz CT molecular complexity index is 82.0. The third kappa shape index (κ3) is 5.87. The minimum atomic E-state index is 0.793. The predicted octanol–water partition coefficient (Wildman–Crippen LogP) is 3.59. The second-order valence-corrected chi connectivity index (χ2v) is 2.85. The fourth-order valence-electron chi connectivity index (χ4n) is 0.810. The Morgan fingerprint density at radius 2 is 2.10 bits per heavy atom. The van der Waals surface area contributed by atoms with E-state index in [1.807, 2.05) is 0 Å². The van der Waals surface area contributed by atoms with Gasteiger partial charge in [-0.25, -0.2) is 0 Å². The lowest BCUT2D eigenvalue weighted by Gasteiger charge is -2.03. The van der Waals surface area contributed by atoms with Crippen molar-refractivity contribution < 1.29 is 0 Å². The second kappa shape index (κ2) is 6.85. The lowest BCUT2D eigenvalue weighted by molar-refractivity contribution is 0.544.